The number of nitrogens with one attached hydrogen (secondary N) is 1. The van der Waals surface area contributed by atoms with Gasteiger partial charge in [-0.05, 0) is 19.3 Å². The Morgan fingerprint density at radius 3 is 2.35 bits per heavy atom. The van der Waals surface area contributed by atoms with E-state index in [0.717, 1.165) is 6.42 Å². The number of carbonyl (C=O) groups excluding carboxylic acids is 1. The Morgan fingerprint density at radius 2 is 1.90 bits per heavy atom. The highest BCUT2D eigenvalue weighted by Crippen LogP contribution is 2.10. The maximum atomic E-state index is 11.8. The zero-order valence-corrected chi connectivity index (χ0v) is 13.2. The third-order valence-electron chi connectivity index (χ3n) is 3.15. The highest BCUT2D eigenvalue weighted by atomic mass is 16.5. The SMILES string of the molecule is CCOC(CCNC(=O)N(C)CC(C)C(=O)O)C(C)C. The van der Waals surface area contributed by atoms with Gasteiger partial charge < -0.3 is 20.1 Å². The van der Waals surface area contributed by atoms with Crippen molar-refractivity contribution in [3.63, 3.8) is 0 Å². The van der Waals surface area contributed by atoms with E-state index in [1.54, 1.807) is 14.0 Å². The molecular weight excluding hydrogens is 260 g/mol. The minimum atomic E-state index is -0.902. The number of ether oxygens (including phenoxy) is 1. The van der Waals surface area contributed by atoms with E-state index in [4.69, 9.17) is 9.84 Å². The summed E-state index contributed by atoms with van der Waals surface area (Å²) in [6, 6.07) is -0.253. The molecule has 2 N–H and O–H groups in total. The number of hydrogen-bond acceptors (Lipinski definition) is 3. The van der Waals surface area contributed by atoms with Gasteiger partial charge in [0.25, 0.3) is 0 Å². The highest BCUT2D eigenvalue weighted by Gasteiger charge is 2.18. The first-order valence-electron chi connectivity index (χ1n) is 7.12. The molecule has 20 heavy (non-hydrogen) atoms. The van der Waals surface area contributed by atoms with E-state index >= 15 is 0 Å². The van der Waals surface area contributed by atoms with E-state index in [9.17, 15) is 9.59 Å². The molecule has 0 bridgehead atoms. The summed E-state index contributed by atoms with van der Waals surface area (Å²) in [6.45, 7) is 9.08. The Morgan fingerprint density at radius 1 is 1.30 bits per heavy atom. The van der Waals surface area contributed by atoms with Crippen LogP contribution >= 0.6 is 0 Å². The van der Waals surface area contributed by atoms with Gasteiger partial charge in [-0.15, -0.1) is 0 Å². The first-order chi connectivity index (χ1) is 9.29. The van der Waals surface area contributed by atoms with Crippen LogP contribution in [0.4, 0.5) is 4.79 Å². The molecule has 0 aromatic rings. The second kappa shape index (κ2) is 9.58. The zero-order valence-electron chi connectivity index (χ0n) is 13.2. The molecule has 0 aliphatic carbocycles. The number of carboxylic acids is 1. The summed E-state index contributed by atoms with van der Waals surface area (Å²) in [5, 5.41) is 11.6. The lowest BCUT2D eigenvalue weighted by Gasteiger charge is -2.23. The topological polar surface area (TPSA) is 78.9 Å². The molecule has 6 nitrogen and oxygen atoms in total. The van der Waals surface area contributed by atoms with Crippen molar-refractivity contribution in [2.45, 2.75) is 40.2 Å². The number of urea groups is 1. The molecule has 0 radical (unpaired) electrons. The van der Waals surface area contributed by atoms with Crippen molar-refractivity contribution >= 4 is 12.0 Å². The lowest BCUT2D eigenvalue weighted by Crippen LogP contribution is -2.42. The highest BCUT2D eigenvalue weighted by molar-refractivity contribution is 5.75. The number of nitrogens with zero attached hydrogens (tertiary/aromatic N) is 1. The monoisotopic (exact) mass is 288 g/mol. The standard InChI is InChI=1S/C14H28N2O4/c1-6-20-12(10(2)3)7-8-15-14(19)16(5)9-11(4)13(17)18/h10-12H,6-9H2,1-5H3,(H,15,19)(H,17,18). The number of rotatable bonds is 9. The molecule has 0 saturated carbocycles. The average Bonchev–Trinajstić information content (AvgIpc) is 2.36. The fourth-order valence-corrected chi connectivity index (χ4v) is 1.85. The van der Waals surface area contributed by atoms with Gasteiger partial charge in [0.2, 0.25) is 0 Å². The van der Waals surface area contributed by atoms with E-state index in [0.29, 0.717) is 19.1 Å². The third-order valence-corrected chi connectivity index (χ3v) is 3.15. The van der Waals surface area contributed by atoms with Crippen LogP contribution in [0.15, 0.2) is 0 Å². The van der Waals surface area contributed by atoms with Crippen LogP contribution in [0, 0.1) is 11.8 Å². The average molecular weight is 288 g/mol. The Hall–Kier alpha value is -1.30. The second-order valence-electron chi connectivity index (χ2n) is 5.38. The first kappa shape index (κ1) is 18.7. The van der Waals surface area contributed by atoms with Gasteiger partial charge in [-0.2, -0.15) is 0 Å². The van der Waals surface area contributed by atoms with E-state index in [1.165, 1.54) is 4.90 Å². The molecule has 0 aromatic carbocycles. The Balaban J connectivity index is 4.05. The molecule has 2 amide bonds. The molecule has 0 spiro atoms. The summed E-state index contributed by atoms with van der Waals surface area (Å²) < 4.78 is 5.60. The molecule has 0 aliphatic heterocycles. The van der Waals surface area contributed by atoms with E-state index in [1.807, 2.05) is 6.92 Å². The van der Waals surface area contributed by atoms with Crippen LogP contribution in [0.1, 0.15) is 34.1 Å². The van der Waals surface area contributed by atoms with Crippen molar-refractivity contribution in [1.82, 2.24) is 10.2 Å². The van der Waals surface area contributed by atoms with Gasteiger partial charge in [-0.3, -0.25) is 4.79 Å². The molecule has 0 saturated heterocycles. The minimum absolute atomic E-state index is 0.128. The van der Waals surface area contributed by atoms with Crippen molar-refractivity contribution in [2.75, 3.05) is 26.7 Å². The molecule has 2 atom stereocenters. The third kappa shape index (κ3) is 7.33. The molecule has 0 aromatic heterocycles. The Kier molecular flexibility index (Phi) is 8.96. The molecule has 0 rings (SSSR count). The van der Waals surface area contributed by atoms with Crippen LogP contribution in [0.5, 0.6) is 0 Å². The van der Waals surface area contributed by atoms with Crippen LogP contribution in [0.25, 0.3) is 0 Å². The largest absolute Gasteiger partial charge is 0.481 e. The maximum absolute atomic E-state index is 11.8. The Labute approximate surface area is 121 Å². The Bertz CT molecular complexity index is 308. The van der Waals surface area contributed by atoms with Crippen LogP contribution in [-0.4, -0.2) is 54.9 Å². The fraction of sp³-hybridized carbons (Fsp3) is 0.857. The van der Waals surface area contributed by atoms with Crippen LogP contribution in [-0.2, 0) is 9.53 Å². The number of aliphatic carboxylic acids is 1. The summed E-state index contributed by atoms with van der Waals surface area (Å²) in [7, 11) is 1.59. The summed E-state index contributed by atoms with van der Waals surface area (Å²) in [6.07, 6.45) is 0.878. The van der Waals surface area contributed by atoms with Crippen LogP contribution < -0.4 is 5.32 Å². The number of carbonyl (C=O) groups is 2. The predicted octanol–water partition coefficient (Wildman–Crippen LogP) is 1.80. The smallest absolute Gasteiger partial charge is 0.317 e. The van der Waals surface area contributed by atoms with E-state index < -0.39 is 11.9 Å². The summed E-state index contributed by atoms with van der Waals surface area (Å²) in [5.41, 5.74) is 0. The summed E-state index contributed by atoms with van der Waals surface area (Å²) in [5.74, 6) is -1.07. The minimum Gasteiger partial charge on any atom is -0.481 e. The van der Waals surface area contributed by atoms with Gasteiger partial charge in [-0.1, -0.05) is 20.8 Å². The lowest BCUT2D eigenvalue weighted by atomic mass is 10.0. The summed E-state index contributed by atoms with van der Waals surface area (Å²) >= 11 is 0. The van der Waals surface area contributed by atoms with Gasteiger partial charge in [-0.25, -0.2) is 4.79 Å². The molecule has 118 valence electrons. The van der Waals surface area contributed by atoms with Gasteiger partial charge in [0.1, 0.15) is 0 Å². The van der Waals surface area contributed by atoms with Gasteiger partial charge in [0.05, 0.1) is 12.0 Å². The number of carboxylic acid groups (broad SMARTS) is 1. The normalized spacial score (nSPS) is 13.9. The van der Waals surface area contributed by atoms with Crippen LogP contribution in [0.2, 0.25) is 0 Å². The van der Waals surface area contributed by atoms with Crippen molar-refractivity contribution < 1.29 is 19.4 Å². The second-order valence-corrected chi connectivity index (χ2v) is 5.38. The van der Waals surface area contributed by atoms with Crippen molar-refractivity contribution in [2.24, 2.45) is 11.8 Å². The number of hydrogen-bond donors (Lipinski definition) is 2. The van der Waals surface area contributed by atoms with E-state index in [2.05, 4.69) is 19.2 Å². The van der Waals surface area contributed by atoms with Crippen molar-refractivity contribution in [3.8, 4) is 0 Å². The van der Waals surface area contributed by atoms with Crippen LogP contribution in [0.3, 0.4) is 0 Å². The molecule has 0 heterocycles. The zero-order chi connectivity index (χ0) is 15.7. The molecular formula is C14H28N2O4. The van der Waals surface area contributed by atoms with E-state index in [-0.39, 0.29) is 18.7 Å². The predicted molar refractivity (Wildman–Crippen MR) is 77.7 cm³/mol. The number of amides is 2. The maximum Gasteiger partial charge on any atom is 0.317 e. The molecule has 2 unspecified atom stereocenters. The fourth-order valence-electron chi connectivity index (χ4n) is 1.85. The first-order valence-corrected chi connectivity index (χ1v) is 7.12. The molecule has 0 aliphatic rings. The summed E-state index contributed by atoms with van der Waals surface area (Å²) in [4.78, 5) is 23.9. The van der Waals surface area contributed by atoms with Gasteiger partial charge >= 0.3 is 12.0 Å². The lowest BCUT2D eigenvalue weighted by molar-refractivity contribution is -0.141. The van der Waals surface area contributed by atoms with Gasteiger partial charge in [0.15, 0.2) is 0 Å². The van der Waals surface area contributed by atoms with Gasteiger partial charge in [0, 0.05) is 26.7 Å². The van der Waals surface area contributed by atoms with Crippen molar-refractivity contribution in [1.29, 1.82) is 0 Å². The quantitative estimate of drug-likeness (QED) is 0.678. The van der Waals surface area contributed by atoms with Crippen molar-refractivity contribution in [3.05, 3.63) is 0 Å². The molecule has 0 fully saturated rings. The molecule has 6 heteroatoms.